The zero-order valence-corrected chi connectivity index (χ0v) is 19.2. The van der Waals surface area contributed by atoms with Crippen molar-refractivity contribution in [2.24, 2.45) is 7.05 Å². The second kappa shape index (κ2) is 8.70. The number of nitrogens with zero attached hydrogens (tertiary/aromatic N) is 5. The molecule has 0 bridgehead atoms. The minimum Gasteiger partial charge on any atom is -0.478 e. The molecule has 170 valence electrons. The third-order valence-electron chi connectivity index (χ3n) is 5.21. The number of hydrogen-bond acceptors (Lipinski definition) is 6. The highest BCUT2D eigenvalue weighted by Gasteiger charge is 2.19. The van der Waals surface area contributed by atoms with E-state index in [2.05, 4.69) is 33.9 Å². The lowest BCUT2D eigenvalue weighted by Gasteiger charge is -2.15. The SMILES string of the molecule is C=CC(=C)Nc1cccc(-n2cc(Nc3cn(C)nc3OC)c3ncc(C(C)C)n3c2=O)c1. The van der Waals surface area contributed by atoms with Gasteiger partial charge in [-0.15, -0.1) is 5.10 Å². The fourth-order valence-electron chi connectivity index (χ4n) is 3.61. The summed E-state index contributed by atoms with van der Waals surface area (Å²) in [5.41, 5.74) is 4.59. The molecule has 4 rings (SSSR count). The lowest BCUT2D eigenvalue weighted by molar-refractivity contribution is 0.393. The van der Waals surface area contributed by atoms with Crippen molar-refractivity contribution < 1.29 is 4.74 Å². The number of allylic oxidation sites excluding steroid dienone is 1. The summed E-state index contributed by atoms with van der Waals surface area (Å²) in [6.07, 6.45) is 6.92. The Morgan fingerprint density at radius 1 is 1.24 bits per heavy atom. The summed E-state index contributed by atoms with van der Waals surface area (Å²) < 4.78 is 10.3. The Labute approximate surface area is 191 Å². The van der Waals surface area contributed by atoms with E-state index in [-0.39, 0.29) is 11.6 Å². The van der Waals surface area contributed by atoms with Crippen LogP contribution in [0.25, 0.3) is 11.3 Å². The molecule has 3 heterocycles. The van der Waals surface area contributed by atoms with Gasteiger partial charge in [0.05, 0.1) is 30.4 Å². The standard InChI is InChI=1S/C24H27N7O2/c1-7-16(4)26-17-9-8-10-18(11-17)30-14-19(27-20-13-29(5)28-23(20)33-6)22-25-12-21(15(2)3)31(22)24(30)32/h7-15,26-27H,1,4H2,2-3,5-6H3. The molecule has 4 aromatic rings. The molecule has 0 aliphatic rings. The Bertz CT molecular complexity index is 1410. The molecule has 0 amide bonds. The van der Waals surface area contributed by atoms with E-state index in [1.165, 1.54) is 0 Å². The van der Waals surface area contributed by atoms with Gasteiger partial charge in [-0.1, -0.05) is 33.1 Å². The van der Waals surface area contributed by atoms with Crippen molar-refractivity contribution in [3.8, 4) is 11.6 Å². The molecule has 3 aromatic heterocycles. The van der Waals surface area contributed by atoms with E-state index >= 15 is 0 Å². The van der Waals surface area contributed by atoms with Crippen molar-refractivity contribution >= 4 is 22.7 Å². The van der Waals surface area contributed by atoms with Crippen molar-refractivity contribution in [1.82, 2.24) is 23.7 Å². The summed E-state index contributed by atoms with van der Waals surface area (Å²) in [5.74, 6) is 0.548. The summed E-state index contributed by atoms with van der Waals surface area (Å²) in [6, 6.07) is 7.52. The first-order valence-corrected chi connectivity index (χ1v) is 10.5. The van der Waals surface area contributed by atoms with Crippen molar-refractivity contribution in [1.29, 1.82) is 0 Å². The number of aromatic nitrogens is 5. The van der Waals surface area contributed by atoms with Gasteiger partial charge in [0.15, 0.2) is 5.65 Å². The molecule has 0 fully saturated rings. The minimum absolute atomic E-state index is 0.105. The van der Waals surface area contributed by atoms with Gasteiger partial charge in [0, 0.05) is 30.8 Å². The molecule has 0 atom stereocenters. The normalized spacial score (nSPS) is 11.1. The highest BCUT2D eigenvalue weighted by atomic mass is 16.5. The lowest BCUT2D eigenvalue weighted by Crippen LogP contribution is -2.27. The molecule has 1 aromatic carbocycles. The van der Waals surface area contributed by atoms with Crippen LogP contribution in [0.1, 0.15) is 25.5 Å². The second-order valence-corrected chi connectivity index (χ2v) is 7.95. The Hall–Kier alpha value is -4.27. The fraction of sp³-hybridized carbons (Fsp3) is 0.208. The molecule has 9 nitrogen and oxygen atoms in total. The average molecular weight is 446 g/mol. The maximum Gasteiger partial charge on any atom is 0.338 e. The van der Waals surface area contributed by atoms with Gasteiger partial charge in [-0.05, 0) is 30.2 Å². The number of methoxy groups -OCH3 is 1. The van der Waals surface area contributed by atoms with Crippen LogP contribution in [0.5, 0.6) is 5.88 Å². The smallest absolute Gasteiger partial charge is 0.338 e. The van der Waals surface area contributed by atoms with Crippen LogP contribution in [0, 0.1) is 0 Å². The third kappa shape index (κ3) is 4.12. The molecule has 0 spiro atoms. The first-order valence-electron chi connectivity index (χ1n) is 10.5. The van der Waals surface area contributed by atoms with Crippen molar-refractivity contribution in [3.63, 3.8) is 0 Å². The van der Waals surface area contributed by atoms with Gasteiger partial charge in [-0.2, -0.15) is 0 Å². The van der Waals surface area contributed by atoms with E-state index in [4.69, 9.17) is 4.74 Å². The molecule has 2 N–H and O–H groups in total. The zero-order chi connectivity index (χ0) is 23.7. The number of anilines is 3. The molecule has 0 unspecified atom stereocenters. The summed E-state index contributed by atoms with van der Waals surface area (Å²) in [6.45, 7) is 11.7. The molecule has 0 saturated carbocycles. The summed E-state index contributed by atoms with van der Waals surface area (Å²) in [4.78, 5) is 18.1. The number of rotatable bonds is 8. The zero-order valence-electron chi connectivity index (χ0n) is 19.2. The van der Waals surface area contributed by atoms with Gasteiger partial charge in [0.25, 0.3) is 5.88 Å². The van der Waals surface area contributed by atoms with Crippen LogP contribution in [-0.4, -0.2) is 30.8 Å². The quantitative estimate of drug-likeness (QED) is 0.395. The maximum absolute atomic E-state index is 13.6. The molecule has 0 radical (unpaired) electrons. The van der Waals surface area contributed by atoms with E-state index in [0.29, 0.717) is 34.3 Å². The number of hydrogen-bond donors (Lipinski definition) is 2. The van der Waals surface area contributed by atoms with Crippen LogP contribution in [0.2, 0.25) is 0 Å². The number of aryl methyl sites for hydroxylation is 1. The number of nitrogens with one attached hydrogen (secondary N) is 2. The predicted molar refractivity (Wildman–Crippen MR) is 131 cm³/mol. The largest absolute Gasteiger partial charge is 0.478 e. The Morgan fingerprint density at radius 2 is 2.03 bits per heavy atom. The second-order valence-electron chi connectivity index (χ2n) is 7.95. The van der Waals surface area contributed by atoms with Crippen LogP contribution < -0.4 is 21.1 Å². The lowest BCUT2D eigenvalue weighted by atomic mass is 10.1. The summed E-state index contributed by atoms with van der Waals surface area (Å²) in [7, 11) is 3.37. The number of ether oxygens (including phenoxy) is 1. The first kappa shape index (κ1) is 21.9. The summed E-state index contributed by atoms with van der Waals surface area (Å²) >= 11 is 0. The van der Waals surface area contributed by atoms with Gasteiger partial charge >= 0.3 is 5.69 Å². The van der Waals surface area contributed by atoms with Crippen LogP contribution >= 0.6 is 0 Å². The van der Waals surface area contributed by atoms with Crippen LogP contribution in [0.3, 0.4) is 0 Å². The highest BCUT2D eigenvalue weighted by molar-refractivity contribution is 5.75. The van der Waals surface area contributed by atoms with E-state index < -0.39 is 0 Å². The first-order chi connectivity index (χ1) is 15.8. The summed E-state index contributed by atoms with van der Waals surface area (Å²) in [5, 5.41) is 10.8. The van der Waals surface area contributed by atoms with Gasteiger partial charge < -0.3 is 15.4 Å². The van der Waals surface area contributed by atoms with Gasteiger partial charge in [-0.25, -0.2) is 14.2 Å². The Kier molecular flexibility index (Phi) is 5.78. The highest BCUT2D eigenvalue weighted by Crippen LogP contribution is 2.29. The molecule has 0 aliphatic carbocycles. The number of imidazole rings is 1. The van der Waals surface area contributed by atoms with Crippen molar-refractivity contribution in [3.05, 3.63) is 84.0 Å². The topological polar surface area (TPSA) is 90.4 Å². The van der Waals surface area contributed by atoms with Crippen LogP contribution in [-0.2, 0) is 7.05 Å². The molecule has 9 heteroatoms. The third-order valence-corrected chi connectivity index (χ3v) is 5.21. The maximum atomic E-state index is 13.6. The van der Waals surface area contributed by atoms with Crippen LogP contribution in [0.15, 0.2) is 72.6 Å². The van der Waals surface area contributed by atoms with E-state index in [1.54, 1.807) is 39.2 Å². The average Bonchev–Trinajstić information content (AvgIpc) is 3.39. The Morgan fingerprint density at radius 3 is 2.73 bits per heavy atom. The van der Waals surface area contributed by atoms with Crippen molar-refractivity contribution in [2.45, 2.75) is 19.8 Å². The monoisotopic (exact) mass is 445 g/mol. The van der Waals surface area contributed by atoms with Crippen LogP contribution in [0.4, 0.5) is 17.1 Å². The number of benzene rings is 1. The van der Waals surface area contributed by atoms with Crippen molar-refractivity contribution in [2.75, 3.05) is 17.7 Å². The van der Waals surface area contributed by atoms with Gasteiger partial charge in [0.1, 0.15) is 5.69 Å². The molecule has 0 saturated heterocycles. The van der Waals surface area contributed by atoms with Gasteiger partial charge in [0.2, 0.25) is 0 Å². The molecular weight excluding hydrogens is 418 g/mol. The molecular formula is C24H27N7O2. The number of fused-ring (bicyclic) bond motifs is 1. The van der Waals surface area contributed by atoms with E-state index in [9.17, 15) is 4.79 Å². The van der Waals surface area contributed by atoms with E-state index in [1.807, 2.05) is 51.4 Å². The molecule has 0 aliphatic heterocycles. The fourth-order valence-corrected chi connectivity index (χ4v) is 3.61. The predicted octanol–water partition coefficient (Wildman–Crippen LogP) is 4.21. The minimum atomic E-state index is -0.213. The van der Waals surface area contributed by atoms with E-state index in [0.717, 1.165) is 11.4 Å². The molecule has 33 heavy (non-hydrogen) atoms. The van der Waals surface area contributed by atoms with Gasteiger partial charge in [-0.3, -0.25) is 9.25 Å². The Balaban J connectivity index is 1.92.